The van der Waals surface area contributed by atoms with Crippen molar-refractivity contribution in [2.75, 3.05) is 6.61 Å². The smallest absolute Gasteiger partial charge is 0.428 e. The van der Waals surface area contributed by atoms with Gasteiger partial charge in [0.1, 0.15) is 0 Å². The highest BCUT2D eigenvalue weighted by Crippen LogP contribution is 2.38. The number of halogens is 3. The fourth-order valence-electron chi connectivity index (χ4n) is 2.36. The molecule has 2 aromatic rings. The third-order valence-corrected chi connectivity index (χ3v) is 3.71. The fraction of sp³-hybridized carbons (Fsp3) is 0.278. The van der Waals surface area contributed by atoms with Crippen molar-refractivity contribution in [3.63, 3.8) is 0 Å². The number of carbonyl (C=O) groups is 1. The molecule has 0 saturated heterocycles. The van der Waals surface area contributed by atoms with E-state index in [9.17, 15) is 23.1 Å². The van der Waals surface area contributed by atoms with Crippen LogP contribution >= 0.6 is 0 Å². The summed E-state index contributed by atoms with van der Waals surface area (Å²) >= 11 is 0. The van der Waals surface area contributed by atoms with Crippen molar-refractivity contribution in [2.45, 2.75) is 25.1 Å². The number of hydrogen-bond acceptors (Lipinski definition) is 3. The number of hydrogen-bond donors (Lipinski definition) is 1. The van der Waals surface area contributed by atoms with Gasteiger partial charge in [0.25, 0.3) is 5.60 Å². The summed E-state index contributed by atoms with van der Waals surface area (Å²) in [5, 5.41) is 11.7. The Morgan fingerprint density at radius 1 is 1.17 bits per heavy atom. The molecule has 0 aliphatic carbocycles. The number of fused-ring (bicyclic) bond motifs is 1. The third-order valence-electron chi connectivity index (χ3n) is 3.71. The molecular formula is C18H17F3O3. The molecule has 3 nitrogen and oxygen atoms in total. The van der Waals surface area contributed by atoms with Crippen molar-refractivity contribution in [3.8, 4) is 0 Å². The molecule has 1 N–H and O–H groups in total. The second-order valence-electron chi connectivity index (χ2n) is 5.42. The fourth-order valence-corrected chi connectivity index (χ4v) is 2.36. The van der Waals surface area contributed by atoms with Gasteiger partial charge in [-0.25, -0.2) is 4.79 Å². The van der Waals surface area contributed by atoms with Crippen molar-refractivity contribution >= 4 is 22.3 Å². The first-order valence-electron chi connectivity index (χ1n) is 7.32. The summed E-state index contributed by atoms with van der Waals surface area (Å²) in [6, 6.07) is 12.3. The average Bonchev–Trinajstić information content (AvgIpc) is 2.53. The van der Waals surface area contributed by atoms with Gasteiger partial charge in [0.2, 0.25) is 0 Å². The molecule has 0 bridgehead atoms. The van der Waals surface area contributed by atoms with Gasteiger partial charge in [-0.15, -0.1) is 0 Å². The molecule has 0 aromatic heterocycles. The van der Waals surface area contributed by atoms with Crippen molar-refractivity contribution in [1.82, 2.24) is 0 Å². The SMILES string of the molecule is C=C(C[C@@](O)(C(=O)OCC)C(F)(F)F)c1ccc2ccccc2c1. The standard InChI is InChI=1S/C18H17F3O3/c1-3-24-16(22)17(23,18(19,20)21)11-12(2)14-9-8-13-6-4-5-7-15(13)10-14/h4-10,23H,2-3,11H2,1H3/t17-/m1/s1. The molecule has 1 atom stereocenters. The van der Waals surface area contributed by atoms with E-state index < -0.39 is 24.2 Å². The molecule has 0 radical (unpaired) electrons. The van der Waals surface area contributed by atoms with Crippen LogP contribution in [-0.4, -0.2) is 29.5 Å². The van der Waals surface area contributed by atoms with E-state index in [2.05, 4.69) is 11.3 Å². The number of benzene rings is 2. The lowest BCUT2D eigenvalue weighted by Gasteiger charge is -2.28. The van der Waals surface area contributed by atoms with Gasteiger partial charge in [-0.2, -0.15) is 13.2 Å². The molecule has 0 unspecified atom stereocenters. The van der Waals surface area contributed by atoms with Crippen LogP contribution in [0.25, 0.3) is 16.3 Å². The number of rotatable bonds is 5. The van der Waals surface area contributed by atoms with Gasteiger partial charge in [0, 0.05) is 6.42 Å². The van der Waals surface area contributed by atoms with Crippen LogP contribution in [0.5, 0.6) is 0 Å². The van der Waals surface area contributed by atoms with Gasteiger partial charge in [0.15, 0.2) is 0 Å². The number of alkyl halides is 3. The molecule has 0 aliphatic rings. The molecule has 0 aliphatic heterocycles. The topological polar surface area (TPSA) is 46.5 Å². The van der Waals surface area contributed by atoms with Crippen molar-refractivity contribution in [3.05, 3.63) is 54.6 Å². The van der Waals surface area contributed by atoms with Crippen LogP contribution in [0.15, 0.2) is 49.0 Å². The van der Waals surface area contributed by atoms with E-state index >= 15 is 0 Å². The Morgan fingerprint density at radius 2 is 1.79 bits per heavy atom. The maximum atomic E-state index is 13.2. The van der Waals surface area contributed by atoms with Crippen molar-refractivity contribution < 1.29 is 27.8 Å². The zero-order chi connectivity index (χ0) is 18.0. The molecule has 6 heteroatoms. The Hall–Kier alpha value is -2.34. The van der Waals surface area contributed by atoms with Crippen LogP contribution in [0.4, 0.5) is 13.2 Å². The van der Waals surface area contributed by atoms with Gasteiger partial charge >= 0.3 is 12.1 Å². The molecule has 0 fully saturated rings. The van der Waals surface area contributed by atoms with Gasteiger partial charge in [0.05, 0.1) is 6.61 Å². The molecule has 0 amide bonds. The van der Waals surface area contributed by atoms with Gasteiger partial charge in [-0.05, 0) is 34.9 Å². The Kier molecular flexibility index (Phi) is 4.99. The molecule has 0 saturated carbocycles. The van der Waals surface area contributed by atoms with E-state index in [1.807, 2.05) is 18.2 Å². The second kappa shape index (κ2) is 6.65. The lowest BCUT2D eigenvalue weighted by molar-refractivity contribution is -0.260. The highest BCUT2D eigenvalue weighted by Gasteiger charge is 2.60. The summed E-state index contributed by atoms with van der Waals surface area (Å²) in [7, 11) is 0. The molecule has 128 valence electrons. The summed E-state index contributed by atoms with van der Waals surface area (Å²) in [5.74, 6) is -1.72. The number of ether oxygens (including phenoxy) is 1. The lowest BCUT2D eigenvalue weighted by atomic mass is 9.90. The van der Waals surface area contributed by atoms with Gasteiger partial charge < -0.3 is 9.84 Å². The van der Waals surface area contributed by atoms with Crippen molar-refractivity contribution in [1.29, 1.82) is 0 Å². The maximum Gasteiger partial charge on any atom is 0.428 e. The molecule has 24 heavy (non-hydrogen) atoms. The van der Waals surface area contributed by atoms with Crippen LogP contribution in [0.2, 0.25) is 0 Å². The minimum atomic E-state index is -5.17. The van der Waals surface area contributed by atoms with E-state index in [1.54, 1.807) is 24.3 Å². The summed E-state index contributed by atoms with van der Waals surface area (Å²) < 4.78 is 44.0. The van der Waals surface area contributed by atoms with Gasteiger partial charge in [-0.3, -0.25) is 0 Å². The van der Waals surface area contributed by atoms with Crippen LogP contribution < -0.4 is 0 Å². The first kappa shape index (κ1) is 18.0. The zero-order valence-electron chi connectivity index (χ0n) is 13.1. The predicted octanol–water partition coefficient (Wildman–Crippen LogP) is 4.10. The predicted molar refractivity (Wildman–Crippen MR) is 85.2 cm³/mol. The van der Waals surface area contributed by atoms with Crippen LogP contribution in [0.1, 0.15) is 18.9 Å². The Balaban J connectivity index is 2.34. The van der Waals surface area contributed by atoms with Crippen LogP contribution in [0.3, 0.4) is 0 Å². The minimum Gasteiger partial charge on any atom is -0.464 e. The number of carbonyl (C=O) groups excluding carboxylic acids is 1. The van der Waals surface area contributed by atoms with E-state index in [1.165, 1.54) is 6.92 Å². The first-order valence-corrected chi connectivity index (χ1v) is 7.32. The summed E-state index contributed by atoms with van der Waals surface area (Å²) in [4.78, 5) is 11.7. The Labute approximate surface area is 137 Å². The Morgan fingerprint density at radius 3 is 2.38 bits per heavy atom. The van der Waals surface area contributed by atoms with E-state index in [-0.39, 0.29) is 12.2 Å². The normalized spacial score (nSPS) is 14.2. The average molecular weight is 338 g/mol. The summed E-state index contributed by atoms with van der Waals surface area (Å²) in [6.07, 6.45) is -6.16. The second-order valence-corrected chi connectivity index (χ2v) is 5.42. The minimum absolute atomic E-state index is 0.00590. The highest BCUT2D eigenvalue weighted by molar-refractivity contribution is 5.88. The van der Waals surface area contributed by atoms with E-state index in [4.69, 9.17) is 0 Å². The third kappa shape index (κ3) is 3.43. The number of esters is 1. The van der Waals surface area contributed by atoms with E-state index in [0.717, 1.165) is 10.8 Å². The quantitative estimate of drug-likeness (QED) is 0.835. The summed E-state index contributed by atoms with van der Waals surface area (Å²) in [5.41, 5.74) is -3.21. The molecular weight excluding hydrogens is 321 g/mol. The zero-order valence-corrected chi connectivity index (χ0v) is 13.1. The highest BCUT2D eigenvalue weighted by atomic mass is 19.4. The largest absolute Gasteiger partial charge is 0.464 e. The maximum absolute atomic E-state index is 13.2. The molecule has 2 rings (SSSR count). The van der Waals surface area contributed by atoms with E-state index in [0.29, 0.717) is 5.56 Å². The van der Waals surface area contributed by atoms with Crippen molar-refractivity contribution in [2.24, 2.45) is 0 Å². The Bertz CT molecular complexity index is 767. The van der Waals surface area contributed by atoms with Crippen LogP contribution in [-0.2, 0) is 9.53 Å². The molecule has 0 heterocycles. The molecule has 2 aromatic carbocycles. The lowest BCUT2D eigenvalue weighted by Crippen LogP contribution is -2.53. The summed E-state index contributed by atoms with van der Waals surface area (Å²) in [6.45, 7) is 4.71. The number of aliphatic hydroxyl groups is 1. The first-order chi connectivity index (χ1) is 11.2. The molecule has 0 spiro atoms. The van der Waals surface area contributed by atoms with Crippen LogP contribution in [0, 0.1) is 0 Å². The monoisotopic (exact) mass is 338 g/mol. The van der Waals surface area contributed by atoms with Gasteiger partial charge in [-0.1, -0.05) is 43.0 Å².